The zero-order valence-corrected chi connectivity index (χ0v) is 12.8. The zero-order valence-electron chi connectivity index (χ0n) is 12.8. The first-order valence-electron chi connectivity index (χ1n) is 7.13. The lowest BCUT2D eigenvalue weighted by Crippen LogP contribution is -2.24. The van der Waals surface area contributed by atoms with Crippen molar-refractivity contribution in [1.82, 2.24) is 10.3 Å². The topological polar surface area (TPSA) is 60.5 Å². The fourth-order valence-electron chi connectivity index (χ4n) is 2.08. The Morgan fingerprint density at radius 2 is 1.91 bits per heavy atom. The molecule has 0 bridgehead atoms. The van der Waals surface area contributed by atoms with Gasteiger partial charge in [0.1, 0.15) is 11.5 Å². The quantitative estimate of drug-likeness (QED) is 0.798. The van der Waals surface area contributed by atoms with Crippen molar-refractivity contribution >= 4 is 5.91 Å². The Bertz CT molecular complexity index is 592. The maximum absolute atomic E-state index is 12.2. The number of aryl methyl sites for hydroxylation is 1. The Hall–Kier alpha value is -2.56. The number of benzene rings is 1. The SMILES string of the molecule is COc1cc(OC)cc(C(=O)NCCCc2cccnc2)c1. The molecule has 5 nitrogen and oxygen atoms in total. The predicted octanol–water partition coefficient (Wildman–Crippen LogP) is 2.46. The molecule has 0 aliphatic rings. The van der Waals surface area contributed by atoms with Crippen LogP contribution in [-0.4, -0.2) is 31.7 Å². The van der Waals surface area contributed by atoms with Gasteiger partial charge in [-0.15, -0.1) is 0 Å². The molecule has 0 aliphatic heterocycles. The van der Waals surface area contributed by atoms with E-state index in [1.165, 1.54) is 5.56 Å². The minimum Gasteiger partial charge on any atom is -0.497 e. The number of rotatable bonds is 7. The molecule has 0 aliphatic carbocycles. The Labute approximate surface area is 130 Å². The Kier molecular flexibility index (Phi) is 5.77. The third kappa shape index (κ3) is 4.48. The number of aromatic nitrogens is 1. The number of nitrogens with one attached hydrogen (secondary N) is 1. The molecule has 0 atom stereocenters. The molecule has 116 valence electrons. The molecule has 1 aromatic carbocycles. The lowest BCUT2D eigenvalue weighted by molar-refractivity contribution is 0.0952. The van der Waals surface area contributed by atoms with E-state index in [-0.39, 0.29) is 5.91 Å². The summed E-state index contributed by atoms with van der Waals surface area (Å²) in [7, 11) is 3.12. The summed E-state index contributed by atoms with van der Waals surface area (Å²) < 4.78 is 10.3. The molecule has 0 spiro atoms. The van der Waals surface area contributed by atoms with Crippen molar-refractivity contribution < 1.29 is 14.3 Å². The summed E-state index contributed by atoms with van der Waals surface area (Å²) in [4.78, 5) is 16.2. The van der Waals surface area contributed by atoms with Crippen molar-refractivity contribution in [3.63, 3.8) is 0 Å². The van der Waals surface area contributed by atoms with Crippen LogP contribution in [0.3, 0.4) is 0 Å². The lowest BCUT2D eigenvalue weighted by atomic mass is 10.1. The Balaban J connectivity index is 1.87. The molecule has 0 fully saturated rings. The number of hydrogen-bond acceptors (Lipinski definition) is 4. The van der Waals surface area contributed by atoms with Gasteiger partial charge < -0.3 is 14.8 Å². The third-order valence-electron chi connectivity index (χ3n) is 3.26. The number of methoxy groups -OCH3 is 2. The van der Waals surface area contributed by atoms with Crippen LogP contribution in [0.25, 0.3) is 0 Å². The first kappa shape index (κ1) is 15.8. The maximum atomic E-state index is 12.2. The summed E-state index contributed by atoms with van der Waals surface area (Å²) in [5.41, 5.74) is 1.69. The number of carbonyl (C=O) groups excluding carboxylic acids is 1. The predicted molar refractivity (Wildman–Crippen MR) is 84.4 cm³/mol. The molecule has 2 rings (SSSR count). The van der Waals surface area contributed by atoms with Gasteiger partial charge in [0.25, 0.3) is 5.91 Å². The van der Waals surface area contributed by atoms with Gasteiger partial charge in [-0.05, 0) is 36.6 Å². The van der Waals surface area contributed by atoms with Gasteiger partial charge in [-0.3, -0.25) is 9.78 Å². The summed E-state index contributed by atoms with van der Waals surface area (Å²) in [6.07, 6.45) is 5.34. The zero-order chi connectivity index (χ0) is 15.8. The minimum absolute atomic E-state index is 0.136. The van der Waals surface area contributed by atoms with E-state index in [0.29, 0.717) is 23.6 Å². The van der Waals surface area contributed by atoms with Crippen LogP contribution in [0.1, 0.15) is 22.3 Å². The first-order chi connectivity index (χ1) is 10.7. The molecule has 22 heavy (non-hydrogen) atoms. The van der Waals surface area contributed by atoms with Gasteiger partial charge in [-0.1, -0.05) is 6.07 Å². The maximum Gasteiger partial charge on any atom is 0.251 e. The summed E-state index contributed by atoms with van der Waals surface area (Å²) in [6, 6.07) is 9.06. The van der Waals surface area contributed by atoms with Crippen LogP contribution in [0.5, 0.6) is 11.5 Å². The fourth-order valence-corrected chi connectivity index (χ4v) is 2.08. The smallest absolute Gasteiger partial charge is 0.251 e. The van der Waals surface area contributed by atoms with Gasteiger partial charge in [0.15, 0.2) is 0 Å². The average molecular weight is 300 g/mol. The van der Waals surface area contributed by atoms with E-state index >= 15 is 0 Å². The molecule has 5 heteroatoms. The molecule has 1 N–H and O–H groups in total. The van der Waals surface area contributed by atoms with Gasteiger partial charge >= 0.3 is 0 Å². The molecule has 0 unspecified atom stereocenters. The van der Waals surface area contributed by atoms with Crippen molar-refractivity contribution in [2.45, 2.75) is 12.8 Å². The van der Waals surface area contributed by atoms with E-state index in [9.17, 15) is 4.79 Å². The molecular formula is C17H20N2O3. The van der Waals surface area contributed by atoms with Crippen molar-refractivity contribution in [3.05, 3.63) is 53.9 Å². The lowest BCUT2D eigenvalue weighted by Gasteiger charge is -2.09. The highest BCUT2D eigenvalue weighted by molar-refractivity contribution is 5.95. The van der Waals surface area contributed by atoms with Gasteiger partial charge in [-0.2, -0.15) is 0 Å². The van der Waals surface area contributed by atoms with E-state index in [1.807, 2.05) is 18.3 Å². The monoisotopic (exact) mass is 300 g/mol. The third-order valence-corrected chi connectivity index (χ3v) is 3.26. The first-order valence-corrected chi connectivity index (χ1v) is 7.13. The van der Waals surface area contributed by atoms with Crippen molar-refractivity contribution in [2.75, 3.05) is 20.8 Å². The highest BCUT2D eigenvalue weighted by Crippen LogP contribution is 2.22. The Morgan fingerprint density at radius 1 is 1.18 bits per heavy atom. The molecule has 0 saturated carbocycles. The van der Waals surface area contributed by atoms with E-state index in [2.05, 4.69) is 10.3 Å². The Morgan fingerprint density at radius 3 is 2.50 bits per heavy atom. The fraction of sp³-hybridized carbons (Fsp3) is 0.294. The van der Waals surface area contributed by atoms with Gasteiger partial charge in [0, 0.05) is 30.6 Å². The van der Waals surface area contributed by atoms with Gasteiger partial charge in [0.05, 0.1) is 14.2 Å². The van der Waals surface area contributed by atoms with E-state index in [1.54, 1.807) is 38.6 Å². The van der Waals surface area contributed by atoms with Crippen LogP contribution in [0.2, 0.25) is 0 Å². The van der Waals surface area contributed by atoms with Gasteiger partial charge in [-0.25, -0.2) is 0 Å². The van der Waals surface area contributed by atoms with Crippen LogP contribution < -0.4 is 14.8 Å². The summed E-state index contributed by atoms with van der Waals surface area (Å²) >= 11 is 0. The number of ether oxygens (including phenoxy) is 2. The highest BCUT2D eigenvalue weighted by atomic mass is 16.5. The van der Waals surface area contributed by atoms with E-state index in [4.69, 9.17) is 9.47 Å². The van der Waals surface area contributed by atoms with Crippen LogP contribution in [0.15, 0.2) is 42.7 Å². The molecule has 1 amide bonds. The second kappa shape index (κ2) is 8.02. The number of pyridine rings is 1. The van der Waals surface area contributed by atoms with Crippen LogP contribution in [0.4, 0.5) is 0 Å². The van der Waals surface area contributed by atoms with Crippen molar-refractivity contribution in [3.8, 4) is 11.5 Å². The largest absolute Gasteiger partial charge is 0.497 e. The molecule has 0 saturated heterocycles. The van der Waals surface area contributed by atoms with Crippen LogP contribution in [-0.2, 0) is 6.42 Å². The van der Waals surface area contributed by atoms with Crippen molar-refractivity contribution in [1.29, 1.82) is 0 Å². The number of nitrogens with zero attached hydrogens (tertiary/aromatic N) is 1. The van der Waals surface area contributed by atoms with Gasteiger partial charge in [0.2, 0.25) is 0 Å². The number of hydrogen-bond donors (Lipinski definition) is 1. The van der Waals surface area contributed by atoms with E-state index in [0.717, 1.165) is 12.8 Å². The normalized spacial score (nSPS) is 10.1. The second-order valence-corrected chi connectivity index (χ2v) is 4.82. The van der Waals surface area contributed by atoms with Crippen LogP contribution >= 0.6 is 0 Å². The standard InChI is InChI=1S/C17H20N2O3/c1-21-15-9-14(10-16(11-15)22-2)17(20)19-8-4-6-13-5-3-7-18-12-13/h3,5,7,9-12H,4,6,8H2,1-2H3,(H,19,20). The summed E-state index contributed by atoms with van der Waals surface area (Å²) in [5.74, 6) is 1.06. The second-order valence-electron chi connectivity index (χ2n) is 4.82. The molecular weight excluding hydrogens is 280 g/mol. The molecule has 2 aromatic rings. The van der Waals surface area contributed by atoms with Crippen LogP contribution in [0, 0.1) is 0 Å². The average Bonchev–Trinajstić information content (AvgIpc) is 2.58. The van der Waals surface area contributed by atoms with E-state index < -0.39 is 0 Å². The summed E-state index contributed by atoms with van der Waals surface area (Å²) in [6.45, 7) is 0.604. The minimum atomic E-state index is -0.136. The number of carbonyl (C=O) groups is 1. The summed E-state index contributed by atoms with van der Waals surface area (Å²) in [5, 5.41) is 2.90. The molecule has 1 heterocycles. The number of amides is 1. The molecule has 1 aromatic heterocycles. The molecule has 0 radical (unpaired) electrons. The highest BCUT2D eigenvalue weighted by Gasteiger charge is 2.09. The van der Waals surface area contributed by atoms with Crippen molar-refractivity contribution in [2.24, 2.45) is 0 Å².